The summed E-state index contributed by atoms with van der Waals surface area (Å²) in [5, 5.41) is 12.0. The van der Waals surface area contributed by atoms with Crippen molar-refractivity contribution in [2.45, 2.75) is 33.0 Å². The molecule has 1 atom stereocenters. The number of anilines is 1. The summed E-state index contributed by atoms with van der Waals surface area (Å²) in [4.78, 5) is 12.5. The van der Waals surface area contributed by atoms with Gasteiger partial charge in [-0.1, -0.05) is 13.0 Å². The molecule has 0 spiro atoms. The third kappa shape index (κ3) is 4.77. The predicted molar refractivity (Wildman–Crippen MR) is 105 cm³/mol. The van der Waals surface area contributed by atoms with Crippen LogP contribution in [-0.2, 0) is 6.61 Å². The van der Waals surface area contributed by atoms with Gasteiger partial charge in [0.2, 0.25) is 0 Å². The average Bonchev–Trinajstić information content (AvgIpc) is 3.18. The van der Waals surface area contributed by atoms with Gasteiger partial charge < -0.3 is 19.6 Å². The second-order valence-electron chi connectivity index (χ2n) is 6.32. The van der Waals surface area contributed by atoms with Gasteiger partial charge in [0.05, 0.1) is 6.10 Å². The summed E-state index contributed by atoms with van der Waals surface area (Å²) in [6, 6.07) is 18.0. The van der Waals surface area contributed by atoms with Crippen molar-refractivity contribution in [2.24, 2.45) is 0 Å². The second kappa shape index (κ2) is 8.56. The van der Waals surface area contributed by atoms with Gasteiger partial charge in [-0.3, -0.25) is 4.79 Å². The molecule has 0 aliphatic heterocycles. The van der Waals surface area contributed by atoms with Gasteiger partial charge in [0.1, 0.15) is 23.9 Å². The zero-order valence-corrected chi connectivity index (χ0v) is 15.4. The molecule has 0 saturated carbocycles. The van der Waals surface area contributed by atoms with E-state index in [-0.39, 0.29) is 18.6 Å². The monoisotopic (exact) mass is 365 g/mol. The third-order valence-electron chi connectivity index (χ3n) is 4.25. The fraction of sp³-hybridized carbons (Fsp3) is 0.227. The van der Waals surface area contributed by atoms with Crippen molar-refractivity contribution in [3.8, 4) is 17.1 Å². The SMILES string of the molecule is CCC(C)Oc1cccc(C(=O)Nc2ccc(-c3ccc(CO)o3)cc2)c1. The lowest BCUT2D eigenvalue weighted by Crippen LogP contribution is -2.13. The Hall–Kier alpha value is -3.05. The van der Waals surface area contributed by atoms with Gasteiger partial charge in [0.25, 0.3) is 5.91 Å². The predicted octanol–water partition coefficient (Wildman–Crippen LogP) is 4.87. The van der Waals surface area contributed by atoms with Crippen LogP contribution in [0.3, 0.4) is 0 Å². The van der Waals surface area contributed by atoms with E-state index in [2.05, 4.69) is 12.2 Å². The smallest absolute Gasteiger partial charge is 0.255 e. The van der Waals surface area contributed by atoms with Crippen LogP contribution in [0, 0.1) is 0 Å². The Kier molecular flexibility index (Phi) is 5.94. The van der Waals surface area contributed by atoms with E-state index >= 15 is 0 Å². The fourth-order valence-electron chi connectivity index (χ4n) is 2.57. The summed E-state index contributed by atoms with van der Waals surface area (Å²) in [5.41, 5.74) is 2.10. The number of aliphatic hydroxyl groups is 1. The number of carbonyl (C=O) groups is 1. The van der Waals surface area contributed by atoms with E-state index in [1.54, 1.807) is 18.2 Å². The number of furan rings is 1. The van der Waals surface area contributed by atoms with Crippen LogP contribution in [0.1, 0.15) is 36.4 Å². The maximum Gasteiger partial charge on any atom is 0.255 e. The molecule has 3 aromatic rings. The van der Waals surface area contributed by atoms with Crippen LogP contribution in [0.2, 0.25) is 0 Å². The van der Waals surface area contributed by atoms with E-state index in [0.717, 1.165) is 12.0 Å². The van der Waals surface area contributed by atoms with Gasteiger partial charge in [-0.25, -0.2) is 0 Å². The summed E-state index contributed by atoms with van der Waals surface area (Å²) < 4.78 is 11.3. The molecule has 0 fully saturated rings. The number of ether oxygens (including phenoxy) is 1. The van der Waals surface area contributed by atoms with Crippen LogP contribution < -0.4 is 10.1 Å². The highest BCUT2D eigenvalue weighted by Crippen LogP contribution is 2.24. The summed E-state index contributed by atoms with van der Waals surface area (Å²) >= 11 is 0. The molecule has 3 rings (SSSR count). The highest BCUT2D eigenvalue weighted by molar-refractivity contribution is 6.04. The number of benzene rings is 2. The highest BCUT2D eigenvalue weighted by Gasteiger charge is 2.10. The van der Waals surface area contributed by atoms with E-state index in [0.29, 0.717) is 28.5 Å². The van der Waals surface area contributed by atoms with Crippen molar-refractivity contribution in [1.29, 1.82) is 0 Å². The van der Waals surface area contributed by atoms with Crippen molar-refractivity contribution in [3.63, 3.8) is 0 Å². The lowest BCUT2D eigenvalue weighted by molar-refractivity contribution is 0.102. The topological polar surface area (TPSA) is 71.7 Å². The van der Waals surface area contributed by atoms with Crippen molar-refractivity contribution in [1.82, 2.24) is 0 Å². The van der Waals surface area contributed by atoms with Crippen molar-refractivity contribution in [2.75, 3.05) is 5.32 Å². The normalized spacial score (nSPS) is 11.8. The first-order valence-corrected chi connectivity index (χ1v) is 8.97. The Balaban J connectivity index is 1.68. The zero-order valence-electron chi connectivity index (χ0n) is 15.4. The van der Waals surface area contributed by atoms with E-state index in [4.69, 9.17) is 14.3 Å². The molecule has 1 unspecified atom stereocenters. The van der Waals surface area contributed by atoms with Gasteiger partial charge in [0, 0.05) is 16.8 Å². The first-order valence-electron chi connectivity index (χ1n) is 8.97. The first-order chi connectivity index (χ1) is 13.1. The number of carbonyl (C=O) groups excluding carboxylic acids is 1. The molecular weight excluding hydrogens is 342 g/mol. The maximum atomic E-state index is 12.5. The number of hydrogen-bond acceptors (Lipinski definition) is 4. The summed E-state index contributed by atoms with van der Waals surface area (Å²) in [6.45, 7) is 3.92. The Morgan fingerprint density at radius 1 is 1.15 bits per heavy atom. The average molecular weight is 365 g/mol. The van der Waals surface area contributed by atoms with Crippen LogP contribution in [0.25, 0.3) is 11.3 Å². The van der Waals surface area contributed by atoms with Gasteiger partial charge >= 0.3 is 0 Å². The standard InChI is InChI=1S/C22H23NO4/c1-3-15(2)26-19-6-4-5-17(13-19)22(25)23-18-9-7-16(8-10-18)21-12-11-20(14-24)27-21/h4-13,15,24H,3,14H2,1-2H3,(H,23,25). The molecule has 2 aromatic carbocycles. The molecule has 1 heterocycles. The Morgan fingerprint density at radius 2 is 1.93 bits per heavy atom. The molecular formula is C22H23NO4. The molecule has 1 amide bonds. The number of rotatable bonds is 7. The van der Waals surface area contributed by atoms with E-state index in [9.17, 15) is 4.79 Å². The molecule has 5 nitrogen and oxygen atoms in total. The van der Waals surface area contributed by atoms with Gasteiger partial charge in [-0.05, 0) is 67.9 Å². The summed E-state index contributed by atoms with van der Waals surface area (Å²) in [7, 11) is 0. The number of hydrogen-bond donors (Lipinski definition) is 2. The minimum Gasteiger partial charge on any atom is -0.491 e. The third-order valence-corrected chi connectivity index (χ3v) is 4.25. The Labute approximate surface area is 158 Å². The lowest BCUT2D eigenvalue weighted by atomic mass is 10.1. The minimum atomic E-state index is -0.196. The lowest BCUT2D eigenvalue weighted by Gasteiger charge is -2.13. The molecule has 0 aliphatic rings. The molecule has 1 aromatic heterocycles. The fourth-order valence-corrected chi connectivity index (χ4v) is 2.57. The first kappa shape index (κ1) is 18.7. The minimum absolute atomic E-state index is 0.101. The number of amides is 1. The number of aliphatic hydroxyl groups excluding tert-OH is 1. The molecule has 0 radical (unpaired) electrons. The highest BCUT2D eigenvalue weighted by atomic mass is 16.5. The second-order valence-corrected chi connectivity index (χ2v) is 6.32. The molecule has 0 aliphatic carbocycles. The summed E-state index contributed by atoms with van der Waals surface area (Å²) in [6.07, 6.45) is 1.00. The van der Waals surface area contributed by atoms with Crippen LogP contribution in [0.15, 0.2) is 65.1 Å². The number of nitrogens with one attached hydrogen (secondary N) is 1. The van der Waals surface area contributed by atoms with Crippen LogP contribution in [-0.4, -0.2) is 17.1 Å². The molecule has 5 heteroatoms. The largest absolute Gasteiger partial charge is 0.491 e. The Morgan fingerprint density at radius 3 is 2.59 bits per heavy atom. The van der Waals surface area contributed by atoms with Crippen LogP contribution in [0.4, 0.5) is 5.69 Å². The molecule has 0 saturated heterocycles. The van der Waals surface area contributed by atoms with E-state index in [1.165, 1.54) is 0 Å². The van der Waals surface area contributed by atoms with Crippen molar-refractivity contribution in [3.05, 3.63) is 72.0 Å². The quantitative estimate of drug-likeness (QED) is 0.627. The van der Waals surface area contributed by atoms with Crippen molar-refractivity contribution < 1.29 is 19.1 Å². The van der Waals surface area contributed by atoms with Gasteiger partial charge in [-0.2, -0.15) is 0 Å². The van der Waals surface area contributed by atoms with E-state index < -0.39 is 0 Å². The molecule has 0 bridgehead atoms. The molecule has 2 N–H and O–H groups in total. The Bertz CT molecular complexity index is 899. The van der Waals surface area contributed by atoms with Crippen LogP contribution >= 0.6 is 0 Å². The zero-order chi connectivity index (χ0) is 19.2. The van der Waals surface area contributed by atoms with Gasteiger partial charge in [0.15, 0.2) is 0 Å². The maximum absolute atomic E-state index is 12.5. The van der Waals surface area contributed by atoms with Crippen LogP contribution in [0.5, 0.6) is 5.75 Å². The summed E-state index contributed by atoms with van der Waals surface area (Å²) in [5.74, 6) is 1.68. The van der Waals surface area contributed by atoms with E-state index in [1.807, 2.05) is 49.4 Å². The molecule has 27 heavy (non-hydrogen) atoms. The molecule has 140 valence electrons. The van der Waals surface area contributed by atoms with Crippen molar-refractivity contribution >= 4 is 11.6 Å². The van der Waals surface area contributed by atoms with Gasteiger partial charge in [-0.15, -0.1) is 0 Å².